The highest BCUT2D eigenvalue weighted by Gasteiger charge is 2.25. The van der Waals surface area contributed by atoms with Crippen molar-refractivity contribution in [3.63, 3.8) is 0 Å². The number of nitrogens with zero attached hydrogens (tertiary/aromatic N) is 5. The van der Waals surface area contributed by atoms with E-state index in [4.69, 9.17) is 16.3 Å². The molecule has 0 spiro atoms. The van der Waals surface area contributed by atoms with E-state index in [9.17, 15) is 19.7 Å². The Hall–Kier alpha value is -4.25. The number of amides is 1. The number of methoxy groups -OCH3 is 1. The molecule has 0 unspecified atom stereocenters. The minimum Gasteiger partial charge on any atom is -0.497 e. The number of rotatable bonds is 6. The maximum absolute atomic E-state index is 13.2. The fourth-order valence-electron chi connectivity index (χ4n) is 3.27. The summed E-state index contributed by atoms with van der Waals surface area (Å²) < 4.78 is 7.39. The van der Waals surface area contributed by atoms with Crippen molar-refractivity contribution < 1.29 is 14.5 Å². The summed E-state index contributed by atoms with van der Waals surface area (Å²) in [5.74, 6) is -0.479. The van der Waals surface area contributed by atoms with Crippen LogP contribution in [0.4, 0.5) is 5.82 Å². The van der Waals surface area contributed by atoms with Crippen molar-refractivity contribution in [2.45, 2.75) is 13.5 Å². The van der Waals surface area contributed by atoms with E-state index in [-0.39, 0.29) is 16.5 Å². The van der Waals surface area contributed by atoms with Crippen LogP contribution in [0.3, 0.4) is 0 Å². The van der Waals surface area contributed by atoms with Gasteiger partial charge in [-0.15, -0.1) is 0 Å². The molecule has 12 heteroatoms. The van der Waals surface area contributed by atoms with Gasteiger partial charge in [0.2, 0.25) is 0 Å². The van der Waals surface area contributed by atoms with E-state index in [1.165, 1.54) is 14.0 Å². The topological polar surface area (TPSA) is 134 Å². The van der Waals surface area contributed by atoms with Crippen LogP contribution < -0.4 is 15.7 Å². The SMILES string of the molecule is COc1cccc(-c2nc3ccccc3c(=O)n2NC(=O)Cn2nc([N+](=O)[O-])c(Cl)c2C)c1. The van der Waals surface area contributed by atoms with Crippen LogP contribution in [0.2, 0.25) is 5.02 Å². The summed E-state index contributed by atoms with van der Waals surface area (Å²) >= 11 is 5.94. The largest absolute Gasteiger partial charge is 0.497 e. The Morgan fingerprint density at radius 1 is 1.24 bits per heavy atom. The molecule has 1 amide bonds. The molecule has 2 aromatic heterocycles. The zero-order chi connectivity index (χ0) is 23.7. The number of aromatic nitrogens is 4. The third kappa shape index (κ3) is 4.13. The number of nitro groups is 1. The summed E-state index contributed by atoms with van der Waals surface area (Å²) in [6.07, 6.45) is 0. The molecule has 4 rings (SSSR count). The summed E-state index contributed by atoms with van der Waals surface area (Å²) in [6, 6.07) is 13.6. The van der Waals surface area contributed by atoms with E-state index in [0.717, 1.165) is 9.36 Å². The van der Waals surface area contributed by atoms with Crippen molar-refractivity contribution in [3.05, 3.63) is 79.7 Å². The molecule has 0 saturated carbocycles. The van der Waals surface area contributed by atoms with Gasteiger partial charge in [0.1, 0.15) is 12.3 Å². The highest BCUT2D eigenvalue weighted by molar-refractivity contribution is 6.33. The number of para-hydroxylation sites is 1. The first-order valence-electron chi connectivity index (χ1n) is 9.63. The van der Waals surface area contributed by atoms with Gasteiger partial charge < -0.3 is 14.9 Å². The van der Waals surface area contributed by atoms with E-state index >= 15 is 0 Å². The van der Waals surface area contributed by atoms with Crippen LogP contribution in [0.25, 0.3) is 22.3 Å². The molecule has 0 aliphatic carbocycles. The number of carbonyl (C=O) groups excluding carboxylic acids is 1. The number of carbonyl (C=O) groups is 1. The Balaban J connectivity index is 1.77. The highest BCUT2D eigenvalue weighted by Crippen LogP contribution is 2.26. The number of halogens is 1. The first-order chi connectivity index (χ1) is 15.8. The first kappa shape index (κ1) is 22.0. The highest BCUT2D eigenvalue weighted by atomic mass is 35.5. The lowest BCUT2D eigenvalue weighted by atomic mass is 10.2. The quantitative estimate of drug-likeness (QED) is 0.339. The van der Waals surface area contributed by atoms with Crippen LogP contribution >= 0.6 is 11.6 Å². The van der Waals surface area contributed by atoms with Crippen LogP contribution in [-0.2, 0) is 11.3 Å². The summed E-state index contributed by atoms with van der Waals surface area (Å²) in [7, 11) is 1.51. The van der Waals surface area contributed by atoms with Crippen molar-refractivity contribution in [1.29, 1.82) is 0 Å². The number of hydrogen-bond donors (Lipinski definition) is 1. The first-order valence-corrected chi connectivity index (χ1v) is 10.0. The Bertz CT molecular complexity index is 1460. The number of benzene rings is 2. The molecule has 0 atom stereocenters. The van der Waals surface area contributed by atoms with Gasteiger partial charge in [-0.2, -0.15) is 9.36 Å². The van der Waals surface area contributed by atoms with Gasteiger partial charge in [0.25, 0.3) is 11.5 Å². The molecule has 1 N–H and O–H groups in total. The van der Waals surface area contributed by atoms with Gasteiger partial charge in [0, 0.05) is 5.56 Å². The molecule has 0 fully saturated rings. The predicted octanol–water partition coefficient (Wildman–Crippen LogP) is 2.91. The monoisotopic (exact) mass is 468 g/mol. The molecular weight excluding hydrogens is 452 g/mol. The molecule has 0 saturated heterocycles. The molecule has 2 aromatic carbocycles. The van der Waals surface area contributed by atoms with Crippen molar-refractivity contribution in [1.82, 2.24) is 19.4 Å². The maximum Gasteiger partial charge on any atom is 0.408 e. The molecule has 33 heavy (non-hydrogen) atoms. The molecule has 2 heterocycles. The average Bonchev–Trinajstić information content (AvgIpc) is 3.09. The third-order valence-corrected chi connectivity index (χ3v) is 5.37. The third-order valence-electron chi connectivity index (χ3n) is 4.92. The van der Waals surface area contributed by atoms with E-state index in [2.05, 4.69) is 15.5 Å². The lowest BCUT2D eigenvalue weighted by Gasteiger charge is -2.15. The van der Waals surface area contributed by atoms with Gasteiger partial charge in [-0.05, 0) is 36.1 Å². The predicted molar refractivity (Wildman–Crippen MR) is 121 cm³/mol. The van der Waals surface area contributed by atoms with Crippen LogP contribution in [0, 0.1) is 17.0 Å². The smallest absolute Gasteiger partial charge is 0.408 e. The maximum atomic E-state index is 13.2. The van der Waals surface area contributed by atoms with Crippen LogP contribution in [0.1, 0.15) is 5.69 Å². The van der Waals surface area contributed by atoms with Gasteiger partial charge in [-0.1, -0.05) is 35.9 Å². The molecule has 11 nitrogen and oxygen atoms in total. The standard InChI is InChI=1S/C21H17ClN6O5/c1-12-18(22)20(28(31)32)25-26(12)11-17(29)24-27-19(13-6-5-7-14(10-13)33-2)23-16-9-4-3-8-15(16)21(27)30/h3-10H,11H2,1-2H3,(H,24,29). The van der Waals surface area contributed by atoms with Gasteiger partial charge in [-0.25, -0.2) is 4.98 Å². The van der Waals surface area contributed by atoms with E-state index in [1.807, 2.05) is 0 Å². The number of hydrogen-bond acceptors (Lipinski definition) is 7. The van der Waals surface area contributed by atoms with E-state index < -0.39 is 28.8 Å². The van der Waals surface area contributed by atoms with Crippen LogP contribution in [-0.4, -0.2) is 37.4 Å². The summed E-state index contributed by atoms with van der Waals surface area (Å²) in [4.78, 5) is 40.9. The average molecular weight is 469 g/mol. The second-order valence-corrected chi connectivity index (χ2v) is 7.38. The Morgan fingerprint density at radius 3 is 2.70 bits per heavy atom. The van der Waals surface area contributed by atoms with Crippen molar-refractivity contribution in [2.75, 3.05) is 12.5 Å². The van der Waals surface area contributed by atoms with Crippen molar-refractivity contribution >= 4 is 34.2 Å². The van der Waals surface area contributed by atoms with Gasteiger partial charge in [-0.3, -0.25) is 15.0 Å². The molecule has 0 aliphatic heterocycles. The van der Waals surface area contributed by atoms with Gasteiger partial charge in [0.15, 0.2) is 10.8 Å². The van der Waals surface area contributed by atoms with E-state index in [0.29, 0.717) is 22.2 Å². The number of fused-ring (bicyclic) bond motifs is 1. The second kappa shape index (κ2) is 8.71. The lowest BCUT2D eigenvalue weighted by Crippen LogP contribution is -2.37. The second-order valence-electron chi connectivity index (χ2n) is 7.00. The Morgan fingerprint density at radius 2 is 2.00 bits per heavy atom. The van der Waals surface area contributed by atoms with Crippen LogP contribution in [0.5, 0.6) is 5.75 Å². The molecule has 0 radical (unpaired) electrons. The summed E-state index contributed by atoms with van der Waals surface area (Å²) in [5.41, 5.74) is 3.27. The van der Waals surface area contributed by atoms with Crippen LogP contribution in [0.15, 0.2) is 53.3 Å². The van der Waals surface area contributed by atoms with E-state index in [1.54, 1.807) is 48.5 Å². The Labute approximate surface area is 191 Å². The zero-order valence-corrected chi connectivity index (χ0v) is 18.2. The van der Waals surface area contributed by atoms with Gasteiger partial charge in [0.05, 0.1) is 28.8 Å². The zero-order valence-electron chi connectivity index (χ0n) is 17.5. The summed E-state index contributed by atoms with van der Waals surface area (Å²) in [6.45, 7) is 1.09. The molecular formula is C21H17ClN6O5. The number of nitrogens with one attached hydrogen (secondary N) is 1. The fourth-order valence-corrected chi connectivity index (χ4v) is 3.47. The normalized spacial score (nSPS) is 10.9. The minimum atomic E-state index is -0.734. The minimum absolute atomic E-state index is 0.158. The van der Waals surface area contributed by atoms with Crippen molar-refractivity contribution in [3.8, 4) is 17.1 Å². The fraction of sp³-hybridized carbons (Fsp3) is 0.143. The molecule has 0 aliphatic rings. The molecule has 4 aromatic rings. The lowest BCUT2D eigenvalue weighted by molar-refractivity contribution is -0.389. The molecule has 0 bridgehead atoms. The van der Waals surface area contributed by atoms with Gasteiger partial charge >= 0.3 is 5.82 Å². The summed E-state index contributed by atoms with van der Waals surface area (Å²) in [5, 5.41) is 15.0. The molecule has 168 valence electrons. The number of ether oxygens (including phenoxy) is 1. The van der Waals surface area contributed by atoms with Crippen molar-refractivity contribution in [2.24, 2.45) is 0 Å². The Kier molecular flexibility index (Phi) is 5.80.